The Labute approximate surface area is 86.2 Å². The molecule has 15 heavy (non-hydrogen) atoms. The lowest BCUT2D eigenvalue weighted by Crippen LogP contribution is -2.02. The molecule has 0 amide bonds. The summed E-state index contributed by atoms with van der Waals surface area (Å²) in [6, 6.07) is 2.95. The second kappa shape index (κ2) is 3.68. The van der Waals surface area contributed by atoms with Crippen LogP contribution in [0.4, 0.5) is 0 Å². The Morgan fingerprint density at radius 2 is 2.13 bits per heavy atom. The molecule has 1 aromatic rings. The summed E-state index contributed by atoms with van der Waals surface area (Å²) in [4.78, 5) is 10.9. The van der Waals surface area contributed by atoms with E-state index in [1.54, 1.807) is 6.92 Å². The Hall–Kier alpha value is -1.91. The minimum absolute atomic E-state index is 0.0844. The number of ether oxygens (including phenoxy) is 3. The van der Waals surface area contributed by atoms with Crippen molar-refractivity contribution in [2.45, 2.75) is 6.92 Å². The van der Waals surface area contributed by atoms with Gasteiger partial charge < -0.3 is 19.3 Å². The number of carboxylic acid groups (broad SMARTS) is 1. The van der Waals surface area contributed by atoms with E-state index in [1.807, 2.05) is 0 Å². The highest BCUT2D eigenvalue weighted by atomic mass is 16.7. The van der Waals surface area contributed by atoms with E-state index in [9.17, 15) is 4.79 Å². The van der Waals surface area contributed by atoms with Gasteiger partial charge in [0.2, 0.25) is 6.79 Å². The molecule has 0 spiro atoms. The smallest absolute Gasteiger partial charge is 0.339 e. The van der Waals surface area contributed by atoms with Crippen molar-refractivity contribution in [3.63, 3.8) is 0 Å². The monoisotopic (exact) mass is 210 g/mol. The fourth-order valence-corrected chi connectivity index (χ4v) is 1.37. The normalized spacial score (nSPS) is 12.6. The van der Waals surface area contributed by atoms with Gasteiger partial charge in [0.25, 0.3) is 0 Å². The van der Waals surface area contributed by atoms with E-state index in [-0.39, 0.29) is 12.4 Å². The fourth-order valence-electron chi connectivity index (χ4n) is 1.37. The number of fused-ring (bicyclic) bond motifs is 1. The maximum Gasteiger partial charge on any atom is 0.339 e. The van der Waals surface area contributed by atoms with Crippen molar-refractivity contribution in [1.29, 1.82) is 0 Å². The minimum Gasteiger partial charge on any atom is -0.493 e. The van der Waals surface area contributed by atoms with Crippen molar-refractivity contribution in [3.05, 3.63) is 17.7 Å². The number of hydrogen-bond acceptors (Lipinski definition) is 4. The molecule has 1 N–H and O–H groups in total. The van der Waals surface area contributed by atoms with Gasteiger partial charge in [-0.1, -0.05) is 0 Å². The lowest BCUT2D eigenvalue weighted by molar-refractivity contribution is 0.0692. The Bertz CT molecular complexity index is 399. The minimum atomic E-state index is -1.04. The van der Waals surface area contributed by atoms with Gasteiger partial charge in [0, 0.05) is 12.1 Å². The molecule has 0 saturated carbocycles. The molecule has 0 bridgehead atoms. The van der Waals surface area contributed by atoms with Crippen LogP contribution in [-0.2, 0) is 0 Å². The molecule has 5 nitrogen and oxygen atoms in total. The SMILES string of the molecule is CCOc1cc2c(cc1C(=O)O)OCO2. The van der Waals surface area contributed by atoms with Gasteiger partial charge in [0.1, 0.15) is 11.3 Å². The first-order valence-electron chi connectivity index (χ1n) is 4.52. The molecule has 1 aliphatic heterocycles. The average molecular weight is 210 g/mol. The van der Waals surface area contributed by atoms with Gasteiger partial charge in [-0.15, -0.1) is 0 Å². The van der Waals surface area contributed by atoms with E-state index < -0.39 is 5.97 Å². The predicted molar refractivity (Wildman–Crippen MR) is 50.7 cm³/mol. The molecule has 1 aromatic carbocycles. The van der Waals surface area contributed by atoms with E-state index in [0.29, 0.717) is 23.9 Å². The standard InChI is InChI=1S/C10H10O5/c1-2-13-7-4-9-8(14-5-15-9)3-6(7)10(11)12/h3-4H,2,5H2,1H3,(H,11,12). The Morgan fingerprint density at radius 3 is 2.73 bits per heavy atom. The van der Waals surface area contributed by atoms with E-state index in [2.05, 4.69) is 0 Å². The molecule has 2 rings (SSSR count). The van der Waals surface area contributed by atoms with E-state index in [1.165, 1.54) is 12.1 Å². The number of carbonyl (C=O) groups is 1. The van der Waals surface area contributed by atoms with Crippen LogP contribution in [0.25, 0.3) is 0 Å². The van der Waals surface area contributed by atoms with Crippen LogP contribution in [0.3, 0.4) is 0 Å². The second-order valence-electron chi connectivity index (χ2n) is 2.94. The van der Waals surface area contributed by atoms with Gasteiger partial charge in [0.15, 0.2) is 11.5 Å². The highest BCUT2D eigenvalue weighted by Crippen LogP contribution is 2.38. The maximum absolute atomic E-state index is 10.9. The fraction of sp³-hybridized carbons (Fsp3) is 0.300. The molecule has 0 aliphatic carbocycles. The van der Waals surface area contributed by atoms with Crippen LogP contribution in [-0.4, -0.2) is 24.5 Å². The Kier molecular flexibility index (Phi) is 2.37. The lowest BCUT2D eigenvalue weighted by atomic mass is 10.2. The van der Waals surface area contributed by atoms with Crippen molar-refractivity contribution in [2.75, 3.05) is 13.4 Å². The van der Waals surface area contributed by atoms with Crippen LogP contribution in [0.15, 0.2) is 12.1 Å². The summed E-state index contributed by atoms with van der Waals surface area (Å²) in [5.41, 5.74) is 0.0844. The number of hydrogen-bond donors (Lipinski definition) is 1. The van der Waals surface area contributed by atoms with Crippen LogP contribution in [0.5, 0.6) is 17.2 Å². The van der Waals surface area contributed by atoms with Crippen LogP contribution in [0.1, 0.15) is 17.3 Å². The summed E-state index contributed by atoms with van der Waals surface area (Å²) in [6.45, 7) is 2.31. The van der Waals surface area contributed by atoms with Crippen molar-refractivity contribution in [2.24, 2.45) is 0 Å². The molecule has 0 fully saturated rings. The van der Waals surface area contributed by atoms with E-state index in [0.717, 1.165) is 0 Å². The summed E-state index contributed by atoms with van der Waals surface area (Å²) in [6.07, 6.45) is 0. The molecule has 1 heterocycles. The van der Waals surface area contributed by atoms with Gasteiger partial charge in [-0.25, -0.2) is 4.79 Å². The molecule has 0 atom stereocenters. The lowest BCUT2D eigenvalue weighted by Gasteiger charge is -2.07. The molecule has 0 aromatic heterocycles. The molecule has 5 heteroatoms. The van der Waals surface area contributed by atoms with Gasteiger partial charge in [-0.05, 0) is 6.92 Å². The third-order valence-electron chi connectivity index (χ3n) is 2.01. The van der Waals surface area contributed by atoms with E-state index in [4.69, 9.17) is 19.3 Å². The molecule has 0 unspecified atom stereocenters. The molecule has 0 saturated heterocycles. The van der Waals surface area contributed by atoms with Crippen LogP contribution in [0, 0.1) is 0 Å². The molecule has 1 aliphatic rings. The topological polar surface area (TPSA) is 65.0 Å². The summed E-state index contributed by atoms with van der Waals surface area (Å²) in [5.74, 6) is 0.213. The summed E-state index contributed by atoms with van der Waals surface area (Å²) < 4.78 is 15.4. The summed E-state index contributed by atoms with van der Waals surface area (Å²) in [7, 11) is 0. The highest BCUT2D eigenvalue weighted by molar-refractivity contribution is 5.92. The van der Waals surface area contributed by atoms with Gasteiger partial charge >= 0.3 is 5.97 Å². The van der Waals surface area contributed by atoms with Crippen molar-refractivity contribution in [3.8, 4) is 17.2 Å². The van der Waals surface area contributed by atoms with Crippen LogP contribution in [0.2, 0.25) is 0 Å². The maximum atomic E-state index is 10.9. The largest absolute Gasteiger partial charge is 0.493 e. The number of rotatable bonds is 3. The molecular formula is C10H10O5. The zero-order valence-corrected chi connectivity index (χ0v) is 8.15. The Balaban J connectivity index is 2.47. The van der Waals surface area contributed by atoms with E-state index >= 15 is 0 Å². The molecular weight excluding hydrogens is 200 g/mol. The van der Waals surface area contributed by atoms with Crippen LogP contribution >= 0.6 is 0 Å². The van der Waals surface area contributed by atoms with Crippen molar-refractivity contribution >= 4 is 5.97 Å². The van der Waals surface area contributed by atoms with Gasteiger partial charge in [0.05, 0.1) is 6.61 Å². The molecule has 80 valence electrons. The number of aromatic carboxylic acids is 1. The summed E-state index contributed by atoms with van der Waals surface area (Å²) in [5, 5.41) is 8.95. The summed E-state index contributed by atoms with van der Waals surface area (Å²) >= 11 is 0. The van der Waals surface area contributed by atoms with Gasteiger partial charge in [-0.3, -0.25) is 0 Å². The van der Waals surface area contributed by atoms with Crippen molar-refractivity contribution in [1.82, 2.24) is 0 Å². The third-order valence-corrected chi connectivity index (χ3v) is 2.01. The molecule has 0 radical (unpaired) electrons. The van der Waals surface area contributed by atoms with Crippen molar-refractivity contribution < 1.29 is 24.1 Å². The number of carboxylic acids is 1. The third kappa shape index (κ3) is 1.68. The Morgan fingerprint density at radius 1 is 1.47 bits per heavy atom. The van der Waals surface area contributed by atoms with Gasteiger partial charge in [-0.2, -0.15) is 0 Å². The predicted octanol–water partition coefficient (Wildman–Crippen LogP) is 1.51. The quantitative estimate of drug-likeness (QED) is 0.819. The number of benzene rings is 1. The zero-order chi connectivity index (χ0) is 10.8. The first-order valence-corrected chi connectivity index (χ1v) is 4.52. The first kappa shape index (κ1) is 9.64. The average Bonchev–Trinajstić information content (AvgIpc) is 2.63. The first-order chi connectivity index (χ1) is 7.22. The highest BCUT2D eigenvalue weighted by Gasteiger charge is 2.21. The second-order valence-corrected chi connectivity index (χ2v) is 2.94. The van der Waals surface area contributed by atoms with Crippen LogP contribution < -0.4 is 14.2 Å². The zero-order valence-electron chi connectivity index (χ0n) is 8.15.